The van der Waals surface area contributed by atoms with E-state index in [0.717, 1.165) is 24.2 Å². The van der Waals surface area contributed by atoms with Gasteiger partial charge >= 0.3 is 51.4 Å². The summed E-state index contributed by atoms with van der Waals surface area (Å²) in [5, 5.41) is 21.5. The summed E-state index contributed by atoms with van der Waals surface area (Å²) in [6.07, 6.45) is 3.71. The van der Waals surface area contributed by atoms with Crippen molar-refractivity contribution in [2.45, 2.75) is 26.2 Å². The van der Waals surface area contributed by atoms with Gasteiger partial charge in [0, 0.05) is 36.8 Å². The van der Waals surface area contributed by atoms with Crippen LogP contribution in [0.5, 0.6) is 5.75 Å². The molecule has 0 radical (unpaired) electrons. The van der Waals surface area contributed by atoms with Crippen molar-refractivity contribution in [2.24, 2.45) is 0 Å². The number of anilines is 1. The number of piperidine rings is 1. The molecule has 158 valence electrons. The molecule has 3 heterocycles. The first-order valence-electron chi connectivity index (χ1n) is 10.2. The molecule has 0 saturated carbocycles. The van der Waals surface area contributed by atoms with Crippen LogP contribution in [0, 0.1) is 6.92 Å². The van der Waals surface area contributed by atoms with Crippen LogP contribution in [0.1, 0.15) is 25.2 Å². The maximum absolute atomic E-state index is 13.1. The van der Waals surface area contributed by atoms with Crippen molar-refractivity contribution in [2.75, 3.05) is 18.0 Å². The van der Waals surface area contributed by atoms with Gasteiger partial charge in [0.1, 0.15) is 0 Å². The van der Waals surface area contributed by atoms with E-state index in [4.69, 9.17) is 16.0 Å². The molecular weight excluding hydrogens is 455 g/mol. The number of nitrogens with zero attached hydrogens (tertiary/aromatic N) is 3. The third-order valence-electron chi connectivity index (χ3n) is 5.69. The summed E-state index contributed by atoms with van der Waals surface area (Å²) in [6, 6.07) is 11.5. The molecular formula is C23H20ClKN4O3. The zero-order chi connectivity index (χ0) is 21.5. The zero-order valence-electron chi connectivity index (χ0n) is 17.9. The quantitative estimate of drug-likeness (QED) is 0.449. The maximum atomic E-state index is 13.1. The third kappa shape index (κ3) is 4.40. The summed E-state index contributed by atoms with van der Waals surface area (Å²) in [5.74, 6) is -0.280. The fourth-order valence-electron chi connectivity index (χ4n) is 4.10. The second kappa shape index (κ2) is 9.67. The van der Waals surface area contributed by atoms with Crippen molar-refractivity contribution in [1.29, 1.82) is 0 Å². The summed E-state index contributed by atoms with van der Waals surface area (Å²) < 4.78 is 5.32. The number of hydrogen-bond donors (Lipinski definition) is 1. The maximum Gasteiger partial charge on any atom is 1.00 e. The van der Waals surface area contributed by atoms with Gasteiger partial charge in [-0.3, -0.25) is 4.79 Å². The predicted molar refractivity (Wildman–Crippen MR) is 119 cm³/mol. The fourth-order valence-corrected chi connectivity index (χ4v) is 4.38. The van der Waals surface area contributed by atoms with Crippen LogP contribution in [0.2, 0.25) is 5.02 Å². The van der Waals surface area contributed by atoms with Gasteiger partial charge in [0.15, 0.2) is 0 Å². The van der Waals surface area contributed by atoms with E-state index >= 15 is 0 Å². The van der Waals surface area contributed by atoms with Crippen LogP contribution in [0.15, 0.2) is 45.6 Å². The van der Waals surface area contributed by atoms with Crippen molar-refractivity contribution in [3.05, 3.63) is 57.7 Å². The third-order valence-corrected chi connectivity index (χ3v) is 6.01. The van der Waals surface area contributed by atoms with Crippen LogP contribution in [0.3, 0.4) is 0 Å². The molecule has 32 heavy (non-hydrogen) atoms. The molecule has 1 aliphatic heterocycles. The fraction of sp³-hybridized carbons (Fsp3) is 0.261. The van der Waals surface area contributed by atoms with Gasteiger partial charge in [0.2, 0.25) is 5.89 Å². The average Bonchev–Trinajstić information content (AvgIpc) is 3.20. The standard InChI is InChI=1S/C23H21ClN4O3.K/c1-13-26-27-23(31-13)20-21(29)17-11-16(18(24)12-19(17)25-22(20)30)14-5-7-15(8-6-14)28-9-3-2-4-10-28;/h5-8,11-12H,2-4,9-10H2,1H3,(H2,25,29,30);/q;+1/p-1. The summed E-state index contributed by atoms with van der Waals surface area (Å²) in [4.78, 5) is 17.6. The van der Waals surface area contributed by atoms with E-state index in [0.29, 0.717) is 15.9 Å². The van der Waals surface area contributed by atoms with Gasteiger partial charge in [-0.25, -0.2) is 0 Å². The van der Waals surface area contributed by atoms with Crippen LogP contribution < -0.4 is 67.0 Å². The van der Waals surface area contributed by atoms with E-state index < -0.39 is 11.3 Å². The Morgan fingerprint density at radius 1 is 1.09 bits per heavy atom. The van der Waals surface area contributed by atoms with E-state index in [1.807, 2.05) is 12.1 Å². The molecule has 1 saturated heterocycles. The van der Waals surface area contributed by atoms with Crippen LogP contribution in [-0.4, -0.2) is 28.3 Å². The van der Waals surface area contributed by atoms with Gasteiger partial charge in [-0.05, 0) is 54.5 Å². The molecule has 0 spiro atoms. The molecule has 0 unspecified atom stereocenters. The summed E-state index contributed by atoms with van der Waals surface area (Å²) in [6.45, 7) is 3.74. The zero-order valence-corrected chi connectivity index (χ0v) is 21.8. The molecule has 7 nitrogen and oxygen atoms in total. The second-order valence-corrected chi connectivity index (χ2v) is 8.16. The molecule has 2 aromatic carbocycles. The number of pyridine rings is 1. The number of aromatic nitrogens is 3. The molecule has 2 aromatic heterocycles. The Balaban J connectivity index is 0.00000245. The number of fused-ring (bicyclic) bond motifs is 1. The number of benzene rings is 2. The van der Waals surface area contributed by atoms with Crippen molar-refractivity contribution < 1.29 is 60.9 Å². The van der Waals surface area contributed by atoms with Crippen molar-refractivity contribution in [1.82, 2.24) is 15.2 Å². The van der Waals surface area contributed by atoms with Gasteiger partial charge in [-0.15, -0.1) is 10.2 Å². The molecule has 1 fully saturated rings. The number of aromatic amines is 1. The van der Waals surface area contributed by atoms with E-state index in [1.165, 1.54) is 24.9 Å². The molecule has 9 heteroatoms. The summed E-state index contributed by atoms with van der Waals surface area (Å²) in [7, 11) is 0. The average molecular weight is 475 g/mol. The predicted octanol–water partition coefficient (Wildman–Crippen LogP) is 1.27. The van der Waals surface area contributed by atoms with Crippen LogP contribution in [0.25, 0.3) is 33.5 Å². The minimum atomic E-state index is -0.587. The first-order chi connectivity index (χ1) is 15.0. The molecule has 0 amide bonds. The largest absolute Gasteiger partial charge is 1.00 e. The molecule has 1 N–H and O–H groups in total. The summed E-state index contributed by atoms with van der Waals surface area (Å²) in [5.41, 5.74) is 2.42. The number of nitrogens with one attached hydrogen (secondary N) is 1. The number of H-pyrrole nitrogens is 1. The van der Waals surface area contributed by atoms with Crippen molar-refractivity contribution in [3.8, 4) is 28.3 Å². The topological polar surface area (TPSA) is 98.1 Å². The Bertz CT molecular complexity index is 1330. The molecule has 4 aromatic rings. The van der Waals surface area contributed by atoms with Crippen molar-refractivity contribution in [3.63, 3.8) is 0 Å². The van der Waals surface area contributed by atoms with E-state index in [-0.39, 0.29) is 68.7 Å². The second-order valence-electron chi connectivity index (χ2n) is 7.76. The van der Waals surface area contributed by atoms with Gasteiger partial charge < -0.3 is 19.4 Å². The normalized spacial score (nSPS) is 13.9. The Hall–Kier alpha value is -1.68. The Kier molecular flexibility index (Phi) is 7.09. The van der Waals surface area contributed by atoms with Gasteiger partial charge in [0.25, 0.3) is 11.4 Å². The smallest absolute Gasteiger partial charge is 0.871 e. The molecule has 1 aliphatic rings. The Morgan fingerprint density at radius 2 is 1.81 bits per heavy atom. The molecule has 5 rings (SSSR count). The van der Waals surface area contributed by atoms with Crippen LogP contribution in [0.4, 0.5) is 5.69 Å². The molecule has 0 bridgehead atoms. The minimum absolute atomic E-state index is 0. The van der Waals surface area contributed by atoms with Crippen molar-refractivity contribution >= 4 is 28.2 Å². The van der Waals surface area contributed by atoms with Gasteiger partial charge in [-0.2, -0.15) is 0 Å². The first kappa shape index (κ1) is 23.5. The van der Waals surface area contributed by atoms with E-state index in [1.54, 1.807) is 19.1 Å². The minimum Gasteiger partial charge on any atom is -0.871 e. The number of halogens is 1. The van der Waals surface area contributed by atoms with Gasteiger partial charge in [0.05, 0.1) is 10.6 Å². The van der Waals surface area contributed by atoms with Crippen LogP contribution in [-0.2, 0) is 0 Å². The molecule has 0 aliphatic carbocycles. The SMILES string of the molecule is Cc1nnc(-c2c([O-])c3cc(-c4ccc(N5CCCCC5)cc4)c(Cl)cc3[nH]c2=O)o1.[K+]. The van der Waals surface area contributed by atoms with E-state index in [9.17, 15) is 9.90 Å². The number of hydrogen-bond acceptors (Lipinski definition) is 6. The Labute approximate surface area is 232 Å². The van der Waals surface area contributed by atoms with Gasteiger partial charge in [-0.1, -0.05) is 29.5 Å². The monoisotopic (exact) mass is 474 g/mol. The Morgan fingerprint density at radius 3 is 2.47 bits per heavy atom. The van der Waals surface area contributed by atoms with E-state index in [2.05, 4.69) is 32.2 Å². The number of aryl methyl sites for hydroxylation is 1. The summed E-state index contributed by atoms with van der Waals surface area (Å²) >= 11 is 6.52. The molecule has 0 atom stereocenters. The number of rotatable bonds is 3. The first-order valence-corrected chi connectivity index (χ1v) is 10.6. The van der Waals surface area contributed by atoms with Crippen LogP contribution >= 0.6 is 11.6 Å².